The van der Waals surface area contributed by atoms with Gasteiger partial charge in [0.05, 0.1) is 20.1 Å². The summed E-state index contributed by atoms with van der Waals surface area (Å²) in [5.74, 6) is 0.431. The van der Waals surface area contributed by atoms with Crippen molar-refractivity contribution in [1.82, 2.24) is 5.32 Å². The number of carbonyl (C=O) groups excluding carboxylic acids is 1. The van der Waals surface area contributed by atoms with E-state index in [9.17, 15) is 4.79 Å². The molecular weight excluding hydrogens is 230 g/mol. The number of hydrogen-bond donors (Lipinski definition) is 1. The summed E-state index contributed by atoms with van der Waals surface area (Å²) < 4.78 is 9.97. The number of nitrogens with one attached hydrogen (secondary N) is 1. The first kappa shape index (κ1) is 14.5. The van der Waals surface area contributed by atoms with Gasteiger partial charge in [-0.1, -0.05) is 19.1 Å². The molecule has 1 aromatic carbocycles. The molecule has 0 aliphatic rings. The van der Waals surface area contributed by atoms with Crippen LogP contribution in [0.5, 0.6) is 5.75 Å². The lowest BCUT2D eigenvalue weighted by Crippen LogP contribution is -2.31. The molecule has 0 amide bonds. The first-order chi connectivity index (χ1) is 8.67. The summed E-state index contributed by atoms with van der Waals surface area (Å²) in [6.45, 7) is 1.98. The predicted molar refractivity (Wildman–Crippen MR) is 70.6 cm³/mol. The fourth-order valence-corrected chi connectivity index (χ4v) is 2.10. The van der Waals surface area contributed by atoms with Crippen molar-refractivity contribution in [3.63, 3.8) is 0 Å². The fraction of sp³-hybridized carbons (Fsp3) is 0.500. The molecule has 0 aromatic heterocycles. The van der Waals surface area contributed by atoms with Gasteiger partial charge in [0.2, 0.25) is 0 Å². The van der Waals surface area contributed by atoms with Crippen molar-refractivity contribution in [3.05, 3.63) is 29.8 Å². The molecule has 0 radical (unpaired) electrons. The van der Waals surface area contributed by atoms with Crippen LogP contribution in [0.3, 0.4) is 0 Å². The van der Waals surface area contributed by atoms with Crippen LogP contribution in [-0.2, 0) is 9.53 Å². The van der Waals surface area contributed by atoms with E-state index in [-0.39, 0.29) is 17.9 Å². The van der Waals surface area contributed by atoms with Gasteiger partial charge in [-0.3, -0.25) is 4.79 Å². The highest BCUT2D eigenvalue weighted by Gasteiger charge is 2.27. The molecule has 4 nitrogen and oxygen atoms in total. The van der Waals surface area contributed by atoms with Gasteiger partial charge in [-0.25, -0.2) is 0 Å². The van der Waals surface area contributed by atoms with Crippen LogP contribution in [0.2, 0.25) is 0 Å². The molecule has 4 heteroatoms. The summed E-state index contributed by atoms with van der Waals surface area (Å²) in [4.78, 5) is 11.8. The first-order valence-corrected chi connectivity index (χ1v) is 6.06. The minimum Gasteiger partial charge on any atom is -0.497 e. The number of methoxy groups -OCH3 is 2. The zero-order valence-corrected chi connectivity index (χ0v) is 11.4. The molecule has 0 heterocycles. The average Bonchev–Trinajstić information content (AvgIpc) is 2.44. The summed E-state index contributed by atoms with van der Waals surface area (Å²) in [5.41, 5.74) is 1.05. The molecular formula is C14H21NO3. The van der Waals surface area contributed by atoms with Crippen LogP contribution in [-0.4, -0.2) is 27.2 Å². The molecule has 18 heavy (non-hydrogen) atoms. The van der Waals surface area contributed by atoms with Crippen LogP contribution in [0.25, 0.3) is 0 Å². The van der Waals surface area contributed by atoms with Gasteiger partial charge in [0.15, 0.2) is 0 Å². The third-order valence-corrected chi connectivity index (χ3v) is 3.13. The van der Waals surface area contributed by atoms with Gasteiger partial charge in [-0.2, -0.15) is 0 Å². The Morgan fingerprint density at radius 3 is 2.28 bits per heavy atom. The Balaban J connectivity index is 2.95. The van der Waals surface area contributed by atoms with Gasteiger partial charge >= 0.3 is 5.97 Å². The lowest BCUT2D eigenvalue weighted by atomic mass is 9.91. The summed E-state index contributed by atoms with van der Waals surface area (Å²) in [5, 5.41) is 3.18. The van der Waals surface area contributed by atoms with E-state index in [2.05, 4.69) is 5.32 Å². The number of rotatable bonds is 6. The molecule has 2 unspecified atom stereocenters. The van der Waals surface area contributed by atoms with Crippen LogP contribution in [0.1, 0.15) is 24.9 Å². The van der Waals surface area contributed by atoms with Crippen molar-refractivity contribution in [3.8, 4) is 5.75 Å². The Kier molecular flexibility index (Phi) is 5.65. The van der Waals surface area contributed by atoms with E-state index in [1.165, 1.54) is 7.11 Å². The highest BCUT2D eigenvalue weighted by molar-refractivity contribution is 5.73. The second-order valence-electron chi connectivity index (χ2n) is 4.08. The summed E-state index contributed by atoms with van der Waals surface area (Å²) in [7, 11) is 4.90. The van der Waals surface area contributed by atoms with Gasteiger partial charge in [0, 0.05) is 6.04 Å². The van der Waals surface area contributed by atoms with Gasteiger partial charge < -0.3 is 14.8 Å². The van der Waals surface area contributed by atoms with Crippen LogP contribution in [0.4, 0.5) is 0 Å². The molecule has 0 spiro atoms. The normalized spacial score (nSPS) is 13.8. The van der Waals surface area contributed by atoms with Crippen LogP contribution in [0.15, 0.2) is 24.3 Å². The molecule has 0 aliphatic heterocycles. The molecule has 100 valence electrons. The number of benzene rings is 1. The summed E-state index contributed by atoms with van der Waals surface area (Å²) >= 11 is 0. The highest BCUT2D eigenvalue weighted by Crippen LogP contribution is 2.27. The maximum atomic E-state index is 11.8. The summed E-state index contributed by atoms with van der Waals surface area (Å²) in [6, 6.07) is 7.67. The summed E-state index contributed by atoms with van der Waals surface area (Å²) in [6.07, 6.45) is 0.726. The van der Waals surface area contributed by atoms with Crippen molar-refractivity contribution in [2.24, 2.45) is 5.92 Å². The van der Waals surface area contributed by atoms with Crippen molar-refractivity contribution in [1.29, 1.82) is 0 Å². The highest BCUT2D eigenvalue weighted by atomic mass is 16.5. The van der Waals surface area contributed by atoms with Crippen molar-refractivity contribution >= 4 is 5.97 Å². The zero-order chi connectivity index (χ0) is 13.5. The zero-order valence-electron chi connectivity index (χ0n) is 11.4. The Hall–Kier alpha value is -1.55. The Morgan fingerprint density at radius 2 is 1.89 bits per heavy atom. The van der Waals surface area contributed by atoms with Crippen molar-refractivity contribution in [2.75, 3.05) is 21.3 Å². The number of esters is 1. The van der Waals surface area contributed by atoms with E-state index in [0.717, 1.165) is 17.7 Å². The minimum atomic E-state index is -0.187. The van der Waals surface area contributed by atoms with E-state index in [1.54, 1.807) is 7.11 Å². The molecule has 1 aromatic rings. The molecule has 0 saturated heterocycles. The molecule has 2 atom stereocenters. The Bertz CT molecular complexity index is 375. The van der Waals surface area contributed by atoms with Crippen LogP contribution >= 0.6 is 0 Å². The minimum absolute atomic E-state index is 0.0478. The van der Waals surface area contributed by atoms with E-state index in [0.29, 0.717) is 0 Å². The molecule has 0 fully saturated rings. The van der Waals surface area contributed by atoms with Gasteiger partial charge in [-0.05, 0) is 31.2 Å². The lowest BCUT2D eigenvalue weighted by molar-refractivity contribution is -0.146. The largest absolute Gasteiger partial charge is 0.497 e. The van der Waals surface area contributed by atoms with Gasteiger partial charge in [0.1, 0.15) is 5.75 Å². The first-order valence-electron chi connectivity index (χ1n) is 6.06. The van der Waals surface area contributed by atoms with E-state index in [4.69, 9.17) is 9.47 Å². The average molecular weight is 251 g/mol. The molecule has 0 bridgehead atoms. The van der Waals surface area contributed by atoms with Crippen LogP contribution < -0.4 is 10.1 Å². The standard InChI is InChI=1S/C14H21NO3/c1-5-12(14(16)18-4)13(15-2)10-6-8-11(17-3)9-7-10/h6-9,12-13,15H,5H2,1-4H3. The van der Waals surface area contributed by atoms with E-state index >= 15 is 0 Å². The smallest absolute Gasteiger partial charge is 0.310 e. The monoisotopic (exact) mass is 251 g/mol. The lowest BCUT2D eigenvalue weighted by Gasteiger charge is -2.24. The second-order valence-corrected chi connectivity index (χ2v) is 4.08. The third-order valence-electron chi connectivity index (χ3n) is 3.13. The van der Waals surface area contributed by atoms with E-state index < -0.39 is 0 Å². The van der Waals surface area contributed by atoms with Crippen molar-refractivity contribution < 1.29 is 14.3 Å². The Labute approximate surface area is 108 Å². The van der Waals surface area contributed by atoms with Gasteiger partial charge in [-0.15, -0.1) is 0 Å². The number of carbonyl (C=O) groups is 1. The topological polar surface area (TPSA) is 47.6 Å². The Morgan fingerprint density at radius 1 is 1.28 bits per heavy atom. The quantitative estimate of drug-likeness (QED) is 0.787. The predicted octanol–water partition coefficient (Wildman–Crippen LogP) is 2.15. The maximum Gasteiger partial charge on any atom is 0.310 e. The van der Waals surface area contributed by atoms with Crippen LogP contribution in [0, 0.1) is 5.92 Å². The van der Waals surface area contributed by atoms with Crippen molar-refractivity contribution in [2.45, 2.75) is 19.4 Å². The molecule has 0 aliphatic carbocycles. The molecule has 0 saturated carbocycles. The third kappa shape index (κ3) is 3.23. The maximum absolute atomic E-state index is 11.8. The fourth-order valence-electron chi connectivity index (χ4n) is 2.10. The number of ether oxygens (including phenoxy) is 2. The second kappa shape index (κ2) is 7.01. The number of hydrogen-bond acceptors (Lipinski definition) is 4. The van der Waals surface area contributed by atoms with Gasteiger partial charge in [0.25, 0.3) is 0 Å². The van der Waals surface area contributed by atoms with E-state index in [1.807, 2.05) is 38.2 Å². The molecule has 1 rings (SSSR count). The SMILES string of the molecule is CCC(C(=O)OC)C(NC)c1ccc(OC)cc1. The molecule has 1 N–H and O–H groups in total.